The first kappa shape index (κ1) is 19.4. The molecule has 2 bridgehead atoms. The zero-order valence-electron chi connectivity index (χ0n) is 15.8. The van der Waals surface area contributed by atoms with Gasteiger partial charge in [-0.1, -0.05) is 23.7 Å². The number of piperazine rings is 1. The summed E-state index contributed by atoms with van der Waals surface area (Å²) in [7, 11) is 0. The number of carbonyl (C=O) groups is 2. The number of carbonyl (C=O) groups excluding carboxylic acids is 2. The number of halogens is 3. The minimum atomic E-state index is -0.852. The van der Waals surface area contributed by atoms with Crippen molar-refractivity contribution < 1.29 is 23.5 Å². The summed E-state index contributed by atoms with van der Waals surface area (Å²) in [5, 5.41) is 10.3. The van der Waals surface area contributed by atoms with E-state index in [4.69, 9.17) is 11.6 Å². The Kier molecular flexibility index (Phi) is 4.17. The zero-order chi connectivity index (χ0) is 21.3. The van der Waals surface area contributed by atoms with Crippen LogP contribution < -0.4 is 4.90 Å². The Hall–Kier alpha value is -2.58. The quantitative estimate of drug-likeness (QED) is 0.804. The predicted octanol–water partition coefficient (Wildman–Crippen LogP) is 2.67. The molecule has 1 atom stereocenters. The molecule has 0 unspecified atom stereocenters. The third-order valence-corrected chi connectivity index (χ3v) is 6.57. The molecule has 4 fully saturated rings. The van der Waals surface area contributed by atoms with Gasteiger partial charge in [0.05, 0.1) is 10.6 Å². The molecule has 0 spiro atoms. The van der Waals surface area contributed by atoms with Crippen LogP contribution in [0, 0.1) is 17.0 Å². The maximum Gasteiger partial charge on any atom is 0.252 e. The van der Waals surface area contributed by atoms with E-state index >= 15 is 0 Å². The van der Waals surface area contributed by atoms with Crippen molar-refractivity contribution in [3.63, 3.8) is 0 Å². The van der Waals surface area contributed by atoms with E-state index in [9.17, 15) is 23.5 Å². The molecular weight excluding hydrogens is 416 g/mol. The number of aromatic nitrogens is 1. The van der Waals surface area contributed by atoms with Gasteiger partial charge in [-0.05, 0) is 43.0 Å². The van der Waals surface area contributed by atoms with Gasteiger partial charge in [-0.2, -0.15) is 0 Å². The molecule has 2 aromatic rings. The van der Waals surface area contributed by atoms with Crippen molar-refractivity contribution in [2.24, 2.45) is 5.41 Å². The largest absolute Gasteiger partial charge is 0.390 e. The lowest BCUT2D eigenvalue weighted by Gasteiger charge is -2.71. The fourth-order valence-electron chi connectivity index (χ4n) is 5.17. The Morgan fingerprint density at radius 2 is 1.83 bits per heavy atom. The van der Waals surface area contributed by atoms with Gasteiger partial charge in [-0.25, -0.2) is 13.8 Å². The van der Waals surface area contributed by atoms with Gasteiger partial charge >= 0.3 is 0 Å². The minimum absolute atomic E-state index is 0.0863. The maximum absolute atomic E-state index is 14.5. The van der Waals surface area contributed by atoms with Gasteiger partial charge in [0.1, 0.15) is 18.4 Å². The molecule has 1 aromatic heterocycles. The van der Waals surface area contributed by atoms with Crippen LogP contribution >= 0.6 is 11.6 Å². The molecule has 6 nitrogen and oxygen atoms in total. The molecule has 1 aromatic carbocycles. The highest BCUT2D eigenvalue weighted by atomic mass is 35.5. The summed E-state index contributed by atoms with van der Waals surface area (Å²) >= 11 is 5.76. The molecule has 156 valence electrons. The zero-order valence-corrected chi connectivity index (χ0v) is 16.6. The van der Waals surface area contributed by atoms with Gasteiger partial charge in [0.15, 0.2) is 11.6 Å². The van der Waals surface area contributed by atoms with Crippen LogP contribution in [0.1, 0.15) is 24.8 Å². The molecule has 6 rings (SSSR count). The van der Waals surface area contributed by atoms with E-state index in [-0.39, 0.29) is 29.8 Å². The van der Waals surface area contributed by atoms with Crippen LogP contribution in [-0.4, -0.2) is 45.0 Å². The van der Waals surface area contributed by atoms with E-state index in [1.807, 2.05) is 0 Å². The summed E-state index contributed by atoms with van der Waals surface area (Å²) < 4.78 is 27.7. The van der Waals surface area contributed by atoms with E-state index in [2.05, 4.69) is 4.98 Å². The van der Waals surface area contributed by atoms with Crippen molar-refractivity contribution in [2.45, 2.75) is 37.5 Å². The van der Waals surface area contributed by atoms with Crippen LogP contribution in [0.15, 0.2) is 36.5 Å². The van der Waals surface area contributed by atoms with E-state index < -0.39 is 34.6 Å². The van der Waals surface area contributed by atoms with Crippen molar-refractivity contribution in [3.8, 4) is 0 Å². The molecule has 0 radical (unpaired) electrons. The number of aliphatic hydroxyl groups is 1. The molecule has 3 aliphatic carbocycles. The molecule has 4 aliphatic rings. The molecule has 1 N–H and O–H groups in total. The van der Waals surface area contributed by atoms with Gasteiger partial charge in [0, 0.05) is 18.2 Å². The number of nitrogens with zero attached hydrogens (tertiary/aromatic N) is 3. The summed E-state index contributed by atoms with van der Waals surface area (Å²) in [6, 6.07) is 5.91. The van der Waals surface area contributed by atoms with E-state index in [1.165, 1.54) is 23.2 Å². The normalized spacial score (nSPS) is 30.2. The SMILES string of the molecule is O=C1[C@H](C23CC(O)(C2)C3)N(Cc2ccc(F)cc2)C(=O)CN1c1ncc(Cl)cc1F. The number of benzene rings is 1. The summed E-state index contributed by atoms with van der Waals surface area (Å²) in [5.74, 6) is -2.22. The van der Waals surface area contributed by atoms with Crippen molar-refractivity contribution in [2.75, 3.05) is 11.4 Å². The fraction of sp³-hybridized carbons (Fsp3) is 0.381. The first-order valence-corrected chi connectivity index (χ1v) is 9.96. The Bertz CT molecular complexity index is 1040. The number of anilines is 1. The number of rotatable bonds is 4. The minimum Gasteiger partial charge on any atom is -0.390 e. The van der Waals surface area contributed by atoms with Crippen LogP contribution in [0.3, 0.4) is 0 Å². The summed E-state index contributed by atoms with van der Waals surface area (Å²) in [6.45, 7) is -0.234. The molecule has 9 heteroatoms. The van der Waals surface area contributed by atoms with Crippen molar-refractivity contribution in [3.05, 3.63) is 58.7 Å². The van der Waals surface area contributed by atoms with Gasteiger partial charge in [-0.3, -0.25) is 14.5 Å². The number of pyridine rings is 1. The van der Waals surface area contributed by atoms with Crippen LogP contribution in [-0.2, 0) is 16.1 Å². The lowest BCUT2D eigenvalue weighted by Crippen LogP contribution is -2.78. The fourth-order valence-corrected chi connectivity index (χ4v) is 5.32. The van der Waals surface area contributed by atoms with Crippen molar-refractivity contribution in [1.29, 1.82) is 0 Å². The van der Waals surface area contributed by atoms with Crippen molar-refractivity contribution >= 4 is 29.2 Å². The average Bonchev–Trinajstić information content (AvgIpc) is 2.64. The monoisotopic (exact) mass is 433 g/mol. The second-order valence-corrected chi connectivity index (χ2v) is 8.99. The maximum atomic E-state index is 14.5. The Labute approximate surface area is 176 Å². The second kappa shape index (κ2) is 6.46. The smallest absolute Gasteiger partial charge is 0.252 e. The molecule has 2 heterocycles. The second-order valence-electron chi connectivity index (χ2n) is 8.55. The molecule has 30 heavy (non-hydrogen) atoms. The van der Waals surface area contributed by atoms with E-state index in [0.29, 0.717) is 24.8 Å². The van der Waals surface area contributed by atoms with Crippen LogP contribution in [0.5, 0.6) is 0 Å². The highest BCUT2D eigenvalue weighted by Crippen LogP contribution is 2.70. The van der Waals surface area contributed by atoms with E-state index in [1.54, 1.807) is 12.1 Å². The van der Waals surface area contributed by atoms with Crippen LogP contribution in [0.4, 0.5) is 14.6 Å². The summed E-state index contributed by atoms with van der Waals surface area (Å²) in [6.07, 6.45) is 2.46. The lowest BCUT2D eigenvalue weighted by molar-refractivity contribution is -0.280. The highest BCUT2D eigenvalue weighted by molar-refractivity contribution is 6.30. The van der Waals surface area contributed by atoms with Gasteiger partial charge in [0.2, 0.25) is 5.91 Å². The van der Waals surface area contributed by atoms with Gasteiger partial charge in [0.25, 0.3) is 5.91 Å². The Morgan fingerprint density at radius 1 is 1.17 bits per heavy atom. The first-order chi connectivity index (χ1) is 14.2. The standard InChI is InChI=1S/C21H18ClF2N3O3/c22-13-5-15(24)18(25-6-13)27-8-16(28)26(7-12-1-3-14(23)4-2-12)17(19(27)29)20-9-21(30,10-20)11-20/h1-6,17,30H,7-11H2/t17-,20?,21?/m1/s1. The Balaban J connectivity index is 1.50. The van der Waals surface area contributed by atoms with Gasteiger partial charge < -0.3 is 10.0 Å². The Morgan fingerprint density at radius 3 is 2.43 bits per heavy atom. The third-order valence-electron chi connectivity index (χ3n) is 6.36. The predicted molar refractivity (Wildman–Crippen MR) is 104 cm³/mol. The molecular formula is C21H18ClF2N3O3. The summed E-state index contributed by atoms with van der Waals surface area (Å²) in [4.78, 5) is 33.0. The van der Waals surface area contributed by atoms with Crippen molar-refractivity contribution in [1.82, 2.24) is 9.88 Å². The highest BCUT2D eigenvalue weighted by Gasteiger charge is 2.73. The van der Waals surface area contributed by atoms with Crippen LogP contribution in [0.25, 0.3) is 0 Å². The molecule has 2 amide bonds. The first-order valence-electron chi connectivity index (χ1n) is 9.59. The lowest BCUT2D eigenvalue weighted by atomic mass is 9.38. The molecule has 1 saturated heterocycles. The van der Waals surface area contributed by atoms with Gasteiger partial charge in [-0.15, -0.1) is 0 Å². The third kappa shape index (κ3) is 2.89. The number of amides is 2. The van der Waals surface area contributed by atoms with Crippen LogP contribution in [0.2, 0.25) is 5.02 Å². The summed E-state index contributed by atoms with van der Waals surface area (Å²) in [5.41, 5.74) is -0.642. The average molecular weight is 434 g/mol. The number of hydrogen-bond acceptors (Lipinski definition) is 4. The molecule has 3 saturated carbocycles. The molecule has 1 aliphatic heterocycles. The van der Waals surface area contributed by atoms with E-state index in [0.717, 1.165) is 11.0 Å². The number of hydrogen-bond donors (Lipinski definition) is 1. The topological polar surface area (TPSA) is 73.7 Å².